The van der Waals surface area contributed by atoms with Gasteiger partial charge in [0.15, 0.2) is 5.84 Å². The summed E-state index contributed by atoms with van der Waals surface area (Å²) in [4.78, 5) is 23.9. The molecule has 0 aliphatic carbocycles. The number of H-pyrrole nitrogens is 1. The van der Waals surface area contributed by atoms with E-state index >= 15 is 0 Å². The van der Waals surface area contributed by atoms with Crippen molar-refractivity contribution in [2.45, 2.75) is 0 Å². The summed E-state index contributed by atoms with van der Waals surface area (Å²) in [6, 6.07) is 0. The van der Waals surface area contributed by atoms with E-state index in [9.17, 15) is 9.59 Å². The van der Waals surface area contributed by atoms with Gasteiger partial charge in [0, 0.05) is 13.2 Å². The average Bonchev–Trinajstić information content (AvgIpc) is 2.10. The predicted octanol–water partition coefficient (Wildman–Crippen LogP) is -1.83. The molecular formula is C6H8N4O3. The highest BCUT2D eigenvalue weighted by molar-refractivity contribution is 5.96. The molecule has 0 aromatic carbocycles. The van der Waals surface area contributed by atoms with Crippen molar-refractivity contribution in [2.75, 3.05) is 0 Å². The molecule has 1 rings (SSSR count). The van der Waals surface area contributed by atoms with Crippen molar-refractivity contribution in [1.82, 2.24) is 9.55 Å². The smallest absolute Gasteiger partial charge is 0.328 e. The molecule has 0 saturated carbocycles. The lowest BCUT2D eigenvalue weighted by atomic mass is 10.3. The van der Waals surface area contributed by atoms with Crippen molar-refractivity contribution in [3.63, 3.8) is 0 Å². The first-order valence-electron chi connectivity index (χ1n) is 3.34. The molecule has 70 valence electrons. The molecule has 7 nitrogen and oxygen atoms in total. The van der Waals surface area contributed by atoms with Gasteiger partial charge in [-0.15, -0.1) is 0 Å². The van der Waals surface area contributed by atoms with Crippen molar-refractivity contribution in [3.05, 3.63) is 32.6 Å². The van der Waals surface area contributed by atoms with Crippen LogP contribution >= 0.6 is 0 Å². The maximum absolute atomic E-state index is 11.1. The van der Waals surface area contributed by atoms with Crippen LogP contribution in [0.25, 0.3) is 0 Å². The van der Waals surface area contributed by atoms with Crippen molar-refractivity contribution in [3.8, 4) is 0 Å². The van der Waals surface area contributed by atoms with Crippen LogP contribution in [0, 0.1) is 0 Å². The first-order chi connectivity index (χ1) is 6.06. The topological polar surface area (TPSA) is 113 Å². The second kappa shape index (κ2) is 3.13. The highest BCUT2D eigenvalue weighted by Gasteiger charge is 2.06. The Morgan fingerprint density at radius 2 is 2.31 bits per heavy atom. The van der Waals surface area contributed by atoms with Crippen LogP contribution in [0.5, 0.6) is 0 Å². The Morgan fingerprint density at radius 1 is 1.69 bits per heavy atom. The minimum Gasteiger partial charge on any atom is -0.409 e. The Balaban J connectivity index is 3.50. The van der Waals surface area contributed by atoms with E-state index in [1.807, 2.05) is 4.98 Å². The monoisotopic (exact) mass is 184 g/mol. The largest absolute Gasteiger partial charge is 0.409 e. The fraction of sp³-hybridized carbons (Fsp3) is 0.167. The summed E-state index contributed by atoms with van der Waals surface area (Å²) in [5.41, 5.74) is 3.89. The molecule has 1 aromatic heterocycles. The third-order valence-corrected chi connectivity index (χ3v) is 1.49. The fourth-order valence-electron chi connectivity index (χ4n) is 0.800. The van der Waals surface area contributed by atoms with E-state index in [2.05, 4.69) is 5.16 Å². The molecule has 13 heavy (non-hydrogen) atoms. The van der Waals surface area contributed by atoms with Crippen LogP contribution in [0.4, 0.5) is 0 Å². The lowest BCUT2D eigenvalue weighted by Gasteiger charge is -1.99. The molecule has 7 heteroatoms. The van der Waals surface area contributed by atoms with Crippen molar-refractivity contribution in [2.24, 2.45) is 17.9 Å². The summed E-state index contributed by atoms with van der Waals surface area (Å²) in [5.74, 6) is -0.336. The lowest BCUT2D eigenvalue weighted by Crippen LogP contribution is -2.34. The molecule has 0 saturated heterocycles. The Labute approximate surface area is 72.1 Å². The first-order valence-corrected chi connectivity index (χ1v) is 3.34. The van der Waals surface area contributed by atoms with Gasteiger partial charge in [0.25, 0.3) is 5.56 Å². The number of hydrogen-bond acceptors (Lipinski definition) is 4. The van der Waals surface area contributed by atoms with E-state index in [-0.39, 0.29) is 11.4 Å². The minimum absolute atomic E-state index is 0.0513. The third-order valence-electron chi connectivity index (χ3n) is 1.49. The number of aryl methyl sites for hydroxylation is 1. The molecule has 0 unspecified atom stereocenters. The molecule has 0 radical (unpaired) electrons. The van der Waals surface area contributed by atoms with Crippen molar-refractivity contribution < 1.29 is 5.21 Å². The summed E-state index contributed by atoms with van der Waals surface area (Å²) < 4.78 is 1.12. The molecule has 1 heterocycles. The summed E-state index contributed by atoms with van der Waals surface area (Å²) in [7, 11) is 1.44. The van der Waals surface area contributed by atoms with Crippen LogP contribution < -0.4 is 17.0 Å². The van der Waals surface area contributed by atoms with Crippen LogP contribution in [0.2, 0.25) is 0 Å². The van der Waals surface area contributed by atoms with Crippen molar-refractivity contribution in [1.29, 1.82) is 0 Å². The van der Waals surface area contributed by atoms with Crippen LogP contribution in [0.3, 0.4) is 0 Å². The molecule has 0 fully saturated rings. The van der Waals surface area contributed by atoms with Gasteiger partial charge in [0.1, 0.15) is 5.56 Å². The zero-order valence-corrected chi connectivity index (χ0v) is 6.81. The second-order valence-electron chi connectivity index (χ2n) is 2.40. The van der Waals surface area contributed by atoms with Gasteiger partial charge in [-0.05, 0) is 0 Å². The van der Waals surface area contributed by atoms with Gasteiger partial charge in [-0.3, -0.25) is 9.78 Å². The first kappa shape index (κ1) is 9.04. The number of nitrogens with two attached hydrogens (primary N) is 1. The van der Waals surface area contributed by atoms with Gasteiger partial charge in [0.2, 0.25) is 0 Å². The average molecular weight is 184 g/mol. The second-order valence-corrected chi connectivity index (χ2v) is 2.40. The van der Waals surface area contributed by atoms with E-state index in [0.717, 1.165) is 4.57 Å². The summed E-state index contributed by atoms with van der Waals surface area (Å²) >= 11 is 0. The molecule has 0 aliphatic rings. The number of aromatic amines is 1. The molecule has 4 N–H and O–H groups in total. The van der Waals surface area contributed by atoms with E-state index in [1.54, 1.807) is 0 Å². The van der Waals surface area contributed by atoms with E-state index in [0.29, 0.717) is 0 Å². The minimum atomic E-state index is -0.682. The Bertz CT molecular complexity index is 456. The number of hydrogen-bond donors (Lipinski definition) is 3. The van der Waals surface area contributed by atoms with Crippen LogP contribution in [0.1, 0.15) is 5.56 Å². The van der Waals surface area contributed by atoms with Crippen LogP contribution in [0.15, 0.2) is 20.9 Å². The van der Waals surface area contributed by atoms with Gasteiger partial charge in [-0.1, -0.05) is 5.16 Å². The molecule has 0 bridgehead atoms. The zero-order chi connectivity index (χ0) is 10.0. The Hall–Kier alpha value is -2.05. The van der Waals surface area contributed by atoms with Crippen LogP contribution in [-0.2, 0) is 7.05 Å². The number of rotatable bonds is 1. The number of nitrogens with one attached hydrogen (secondary N) is 1. The summed E-state index contributed by atoms with van der Waals surface area (Å²) in [5, 5.41) is 10.9. The Morgan fingerprint density at radius 3 is 2.85 bits per heavy atom. The van der Waals surface area contributed by atoms with Gasteiger partial charge < -0.3 is 15.5 Å². The van der Waals surface area contributed by atoms with E-state index in [1.165, 1.54) is 13.2 Å². The maximum Gasteiger partial charge on any atom is 0.328 e. The van der Waals surface area contributed by atoms with E-state index in [4.69, 9.17) is 10.9 Å². The zero-order valence-electron chi connectivity index (χ0n) is 6.81. The van der Waals surface area contributed by atoms with Gasteiger partial charge >= 0.3 is 5.69 Å². The predicted molar refractivity (Wildman–Crippen MR) is 44.8 cm³/mol. The fourth-order valence-corrected chi connectivity index (χ4v) is 0.800. The quantitative estimate of drug-likeness (QED) is 0.206. The normalized spacial score (nSPS) is 11.6. The molecule has 1 aromatic rings. The van der Waals surface area contributed by atoms with Gasteiger partial charge in [-0.25, -0.2) is 4.79 Å². The summed E-state index contributed by atoms with van der Waals surface area (Å²) in [6.45, 7) is 0. The molecule has 0 aliphatic heterocycles. The van der Waals surface area contributed by atoms with E-state index < -0.39 is 11.2 Å². The third kappa shape index (κ3) is 1.58. The highest BCUT2D eigenvalue weighted by Crippen LogP contribution is 1.84. The standard InChI is InChI=1S/C6H8N4O3/c1-10-2-3(4(7)9-13)5(11)8-6(10)12/h2,13H,1H3,(H2,7,9)(H,8,11,12). The molecular weight excluding hydrogens is 176 g/mol. The number of amidine groups is 1. The highest BCUT2D eigenvalue weighted by atomic mass is 16.4. The molecule has 0 atom stereocenters. The number of oxime groups is 1. The Kier molecular flexibility index (Phi) is 2.18. The molecule has 0 spiro atoms. The van der Waals surface area contributed by atoms with Crippen LogP contribution in [-0.4, -0.2) is 20.6 Å². The maximum atomic E-state index is 11.1. The number of nitrogens with zero attached hydrogens (tertiary/aromatic N) is 2. The molecule has 0 amide bonds. The van der Waals surface area contributed by atoms with Crippen molar-refractivity contribution >= 4 is 5.84 Å². The number of aromatic nitrogens is 2. The van der Waals surface area contributed by atoms with Gasteiger partial charge in [0.05, 0.1) is 0 Å². The van der Waals surface area contributed by atoms with Gasteiger partial charge in [-0.2, -0.15) is 0 Å². The lowest BCUT2D eigenvalue weighted by molar-refractivity contribution is 0.318. The summed E-state index contributed by atoms with van der Waals surface area (Å²) in [6.07, 6.45) is 1.19. The SMILES string of the molecule is Cn1cc(C(N)=NO)c(=O)[nH]c1=O.